The van der Waals surface area contributed by atoms with E-state index in [1.54, 1.807) is 12.4 Å². The zero-order valence-electron chi connectivity index (χ0n) is 6.94. The van der Waals surface area contributed by atoms with E-state index in [9.17, 15) is 4.79 Å². The standard InChI is InChI=1S/C8H7NO2S2/c1-2-11-8(10)6-3-5-7(13-6)9-4-12-5/h3-4H,2H2,1H3. The number of carbonyl (C=O) groups excluding carboxylic acids is 1. The molecule has 2 aromatic heterocycles. The summed E-state index contributed by atoms with van der Waals surface area (Å²) in [5, 5.41) is 0. The second-order valence-electron chi connectivity index (χ2n) is 2.35. The lowest BCUT2D eigenvalue weighted by atomic mass is 10.5. The van der Waals surface area contributed by atoms with Crippen LogP contribution in [0.5, 0.6) is 0 Å². The molecule has 2 rings (SSSR count). The maximum atomic E-state index is 11.3. The van der Waals surface area contributed by atoms with Crippen molar-refractivity contribution >= 4 is 38.2 Å². The van der Waals surface area contributed by atoms with Crippen molar-refractivity contribution in [3.8, 4) is 0 Å². The summed E-state index contributed by atoms with van der Waals surface area (Å²) in [4.78, 5) is 16.9. The zero-order valence-corrected chi connectivity index (χ0v) is 8.58. The fourth-order valence-electron chi connectivity index (χ4n) is 0.973. The summed E-state index contributed by atoms with van der Waals surface area (Å²) in [6.07, 6.45) is 0. The summed E-state index contributed by atoms with van der Waals surface area (Å²) >= 11 is 2.91. The molecule has 3 nitrogen and oxygen atoms in total. The predicted molar refractivity (Wildman–Crippen MR) is 53.5 cm³/mol. The van der Waals surface area contributed by atoms with Crippen molar-refractivity contribution in [3.05, 3.63) is 16.5 Å². The second-order valence-corrected chi connectivity index (χ2v) is 4.27. The first kappa shape index (κ1) is 8.65. The van der Waals surface area contributed by atoms with Crippen molar-refractivity contribution in [2.24, 2.45) is 0 Å². The number of nitrogens with zero attached hydrogens (tertiary/aromatic N) is 1. The van der Waals surface area contributed by atoms with Gasteiger partial charge in [-0.1, -0.05) is 0 Å². The molecule has 0 aliphatic carbocycles. The lowest BCUT2D eigenvalue weighted by molar-refractivity contribution is 0.0532. The minimum atomic E-state index is -0.252. The van der Waals surface area contributed by atoms with Gasteiger partial charge in [0.05, 0.1) is 16.8 Å². The fourth-order valence-corrected chi connectivity index (χ4v) is 2.79. The van der Waals surface area contributed by atoms with E-state index in [1.807, 2.05) is 6.07 Å². The lowest BCUT2D eigenvalue weighted by Crippen LogP contribution is -2.01. The fraction of sp³-hybridized carbons (Fsp3) is 0.250. The van der Waals surface area contributed by atoms with Crippen molar-refractivity contribution in [2.45, 2.75) is 6.92 Å². The number of thiophene rings is 1. The summed E-state index contributed by atoms with van der Waals surface area (Å²) in [7, 11) is 0. The van der Waals surface area contributed by atoms with Gasteiger partial charge in [0.1, 0.15) is 9.71 Å². The van der Waals surface area contributed by atoms with Gasteiger partial charge < -0.3 is 4.74 Å². The number of aromatic nitrogens is 1. The Balaban J connectivity index is 2.34. The van der Waals surface area contributed by atoms with E-state index in [4.69, 9.17) is 4.74 Å². The highest BCUT2D eigenvalue weighted by atomic mass is 32.1. The molecule has 0 amide bonds. The van der Waals surface area contributed by atoms with Gasteiger partial charge in [0.15, 0.2) is 0 Å². The van der Waals surface area contributed by atoms with Crippen LogP contribution in [0.1, 0.15) is 16.6 Å². The van der Waals surface area contributed by atoms with E-state index in [1.165, 1.54) is 22.7 Å². The number of hydrogen-bond donors (Lipinski definition) is 0. The quantitative estimate of drug-likeness (QED) is 0.720. The molecule has 0 atom stereocenters. The van der Waals surface area contributed by atoms with E-state index in [0.29, 0.717) is 11.5 Å². The second kappa shape index (κ2) is 3.43. The van der Waals surface area contributed by atoms with Crippen molar-refractivity contribution in [1.29, 1.82) is 0 Å². The number of fused-ring (bicyclic) bond motifs is 1. The minimum Gasteiger partial charge on any atom is -0.462 e. The van der Waals surface area contributed by atoms with Crippen molar-refractivity contribution in [1.82, 2.24) is 4.98 Å². The first-order valence-electron chi connectivity index (χ1n) is 3.81. The third-order valence-electron chi connectivity index (χ3n) is 1.51. The molecule has 2 heterocycles. The summed E-state index contributed by atoms with van der Waals surface area (Å²) in [6, 6.07) is 1.83. The van der Waals surface area contributed by atoms with Gasteiger partial charge in [-0.2, -0.15) is 0 Å². The van der Waals surface area contributed by atoms with E-state index < -0.39 is 0 Å². The SMILES string of the molecule is CCOC(=O)c1cc2scnc2s1. The van der Waals surface area contributed by atoms with Crippen LogP contribution in [0.15, 0.2) is 11.6 Å². The summed E-state index contributed by atoms with van der Waals surface area (Å²) in [5.74, 6) is -0.252. The van der Waals surface area contributed by atoms with Crippen LogP contribution >= 0.6 is 22.7 Å². The average molecular weight is 213 g/mol. The molecule has 0 unspecified atom stereocenters. The molecular formula is C8H7NO2S2. The Morgan fingerprint density at radius 2 is 2.54 bits per heavy atom. The minimum absolute atomic E-state index is 0.252. The average Bonchev–Trinajstić information content (AvgIpc) is 2.61. The van der Waals surface area contributed by atoms with Gasteiger partial charge in [-0.05, 0) is 13.0 Å². The summed E-state index contributed by atoms with van der Waals surface area (Å²) in [5.41, 5.74) is 1.77. The van der Waals surface area contributed by atoms with Crippen molar-refractivity contribution in [2.75, 3.05) is 6.61 Å². The van der Waals surface area contributed by atoms with Gasteiger partial charge in [0.25, 0.3) is 0 Å². The van der Waals surface area contributed by atoms with Crippen LogP contribution in [0.2, 0.25) is 0 Å². The van der Waals surface area contributed by atoms with Crippen LogP contribution in [0, 0.1) is 0 Å². The van der Waals surface area contributed by atoms with Gasteiger partial charge in [-0.3, -0.25) is 0 Å². The molecule has 0 fully saturated rings. The number of rotatable bonds is 2. The first-order chi connectivity index (χ1) is 6.31. The van der Waals surface area contributed by atoms with Crippen molar-refractivity contribution < 1.29 is 9.53 Å². The Morgan fingerprint density at radius 1 is 1.69 bits per heavy atom. The highest BCUT2D eigenvalue weighted by Gasteiger charge is 2.11. The molecule has 0 aliphatic rings. The Morgan fingerprint density at radius 3 is 3.23 bits per heavy atom. The van der Waals surface area contributed by atoms with Crippen molar-refractivity contribution in [3.63, 3.8) is 0 Å². The molecule has 0 saturated heterocycles. The van der Waals surface area contributed by atoms with Crippen LogP contribution in [0.25, 0.3) is 9.53 Å². The molecule has 0 saturated carbocycles. The molecule has 0 bridgehead atoms. The highest BCUT2D eigenvalue weighted by Crippen LogP contribution is 2.27. The molecule has 0 aromatic carbocycles. The maximum absolute atomic E-state index is 11.3. The van der Waals surface area contributed by atoms with Gasteiger partial charge >= 0.3 is 5.97 Å². The number of hydrogen-bond acceptors (Lipinski definition) is 5. The van der Waals surface area contributed by atoms with Gasteiger partial charge in [0.2, 0.25) is 0 Å². The topological polar surface area (TPSA) is 39.2 Å². The van der Waals surface area contributed by atoms with Gasteiger partial charge in [-0.25, -0.2) is 9.78 Å². The molecule has 68 valence electrons. The van der Waals surface area contributed by atoms with E-state index in [-0.39, 0.29) is 5.97 Å². The molecule has 0 spiro atoms. The molecule has 0 N–H and O–H groups in total. The molecule has 2 aromatic rings. The maximum Gasteiger partial charge on any atom is 0.348 e. The normalized spacial score (nSPS) is 10.5. The van der Waals surface area contributed by atoms with Crippen LogP contribution in [-0.4, -0.2) is 17.6 Å². The Kier molecular flexibility index (Phi) is 2.28. The largest absolute Gasteiger partial charge is 0.462 e. The molecular weight excluding hydrogens is 206 g/mol. The van der Waals surface area contributed by atoms with Gasteiger partial charge in [0, 0.05) is 0 Å². The monoisotopic (exact) mass is 213 g/mol. The Hall–Kier alpha value is -0.940. The van der Waals surface area contributed by atoms with Crippen LogP contribution in [0.3, 0.4) is 0 Å². The van der Waals surface area contributed by atoms with E-state index >= 15 is 0 Å². The lowest BCUT2D eigenvalue weighted by Gasteiger charge is -1.95. The molecule has 0 aliphatic heterocycles. The van der Waals surface area contributed by atoms with Crippen LogP contribution < -0.4 is 0 Å². The molecule has 13 heavy (non-hydrogen) atoms. The van der Waals surface area contributed by atoms with E-state index in [2.05, 4.69) is 4.98 Å². The smallest absolute Gasteiger partial charge is 0.348 e. The first-order valence-corrected chi connectivity index (χ1v) is 5.51. The third-order valence-corrected chi connectivity index (χ3v) is 3.43. The molecule has 0 radical (unpaired) electrons. The van der Waals surface area contributed by atoms with Crippen LogP contribution in [0.4, 0.5) is 0 Å². The Bertz CT molecular complexity index is 403. The van der Waals surface area contributed by atoms with Crippen LogP contribution in [-0.2, 0) is 4.74 Å². The predicted octanol–water partition coefficient (Wildman–Crippen LogP) is 2.53. The molecule has 5 heteroatoms. The summed E-state index contributed by atoms with van der Waals surface area (Å²) < 4.78 is 5.92. The number of ether oxygens (including phenoxy) is 1. The van der Waals surface area contributed by atoms with Gasteiger partial charge in [-0.15, -0.1) is 22.7 Å². The van der Waals surface area contributed by atoms with E-state index in [0.717, 1.165) is 9.53 Å². The Labute approximate surface area is 83.0 Å². The number of esters is 1. The third kappa shape index (κ3) is 1.57. The number of carbonyl (C=O) groups is 1. The number of thiazole rings is 1. The summed E-state index contributed by atoms with van der Waals surface area (Å²) in [6.45, 7) is 2.21. The highest BCUT2D eigenvalue weighted by molar-refractivity contribution is 7.27. The zero-order chi connectivity index (χ0) is 9.26.